The summed E-state index contributed by atoms with van der Waals surface area (Å²) in [6, 6.07) is 13.9. The third kappa shape index (κ3) is 5.61. The predicted octanol–water partition coefficient (Wildman–Crippen LogP) is 4.21. The van der Waals surface area contributed by atoms with E-state index >= 15 is 0 Å². The Balaban J connectivity index is 1.91. The molecule has 0 aliphatic heterocycles. The Kier molecular flexibility index (Phi) is 6.38. The minimum atomic E-state index is -4.60. The number of carbonyl (C=O) groups is 2. The fourth-order valence-corrected chi connectivity index (χ4v) is 2.27. The molecule has 0 saturated heterocycles. The Morgan fingerprint density at radius 2 is 1.65 bits per heavy atom. The van der Waals surface area contributed by atoms with Crippen molar-refractivity contribution in [1.82, 2.24) is 0 Å². The maximum absolute atomic E-state index is 12.9. The van der Waals surface area contributed by atoms with E-state index in [4.69, 9.17) is 4.74 Å². The van der Waals surface area contributed by atoms with Crippen molar-refractivity contribution >= 4 is 17.6 Å². The lowest BCUT2D eigenvalue weighted by Crippen LogP contribution is -2.30. The van der Waals surface area contributed by atoms with Gasteiger partial charge in [-0.2, -0.15) is 13.2 Å². The Morgan fingerprint density at radius 1 is 1.04 bits per heavy atom. The van der Waals surface area contributed by atoms with Gasteiger partial charge >= 0.3 is 12.1 Å². The van der Waals surface area contributed by atoms with Crippen molar-refractivity contribution in [2.45, 2.75) is 32.0 Å². The van der Waals surface area contributed by atoms with Crippen molar-refractivity contribution < 1.29 is 27.5 Å². The molecule has 0 bridgehead atoms. The zero-order chi connectivity index (χ0) is 19.2. The van der Waals surface area contributed by atoms with Crippen LogP contribution in [0.3, 0.4) is 0 Å². The minimum Gasteiger partial charge on any atom is -0.453 e. The summed E-state index contributed by atoms with van der Waals surface area (Å²) in [5.41, 5.74) is -0.395. The third-order valence-corrected chi connectivity index (χ3v) is 3.63. The lowest BCUT2D eigenvalue weighted by atomic mass is 10.1. The number of carbonyl (C=O) groups excluding carboxylic acids is 2. The lowest BCUT2D eigenvalue weighted by molar-refractivity contribution is -0.153. The smallest absolute Gasteiger partial charge is 0.418 e. The summed E-state index contributed by atoms with van der Waals surface area (Å²) in [5.74, 6) is -1.42. The van der Waals surface area contributed by atoms with E-state index in [0.29, 0.717) is 6.42 Å². The van der Waals surface area contributed by atoms with E-state index in [2.05, 4.69) is 5.32 Å². The van der Waals surface area contributed by atoms with Crippen LogP contribution in [0.25, 0.3) is 0 Å². The van der Waals surface area contributed by atoms with Gasteiger partial charge in [0.2, 0.25) is 0 Å². The van der Waals surface area contributed by atoms with Gasteiger partial charge in [0.15, 0.2) is 6.10 Å². The van der Waals surface area contributed by atoms with Gasteiger partial charge in [-0.1, -0.05) is 42.5 Å². The highest BCUT2D eigenvalue weighted by molar-refractivity contribution is 5.95. The molecule has 1 N–H and O–H groups in total. The van der Waals surface area contributed by atoms with Gasteiger partial charge in [0, 0.05) is 6.42 Å². The van der Waals surface area contributed by atoms with Crippen molar-refractivity contribution in [3.63, 3.8) is 0 Å². The molecular weight excluding hydrogens is 347 g/mol. The molecule has 0 fully saturated rings. The van der Waals surface area contributed by atoms with Crippen LogP contribution in [0.2, 0.25) is 0 Å². The molecule has 0 aromatic heterocycles. The Labute approximate surface area is 149 Å². The van der Waals surface area contributed by atoms with Crippen molar-refractivity contribution in [2.24, 2.45) is 0 Å². The first-order valence-electron chi connectivity index (χ1n) is 7.98. The molecule has 26 heavy (non-hydrogen) atoms. The molecule has 0 heterocycles. The lowest BCUT2D eigenvalue weighted by Gasteiger charge is -2.16. The highest BCUT2D eigenvalue weighted by Gasteiger charge is 2.34. The Hall–Kier alpha value is -2.83. The van der Waals surface area contributed by atoms with Crippen LogP contribution in [0.1, 0.15) is 24.5 Å². The number of ether oxygens (including phenoxy) is 1. The molecule has 1 amide bonds. The normalized spacial score (nSPS) is 12.3. The monoisotopic (exact) mass is 365 g/mol. The fraction of sp³-hybridized carbons (Fsp3) is 0.263. The van der Waals surface area contributed by atoms with Gasteiger partial charge in [-0.3, -0.25) is 9.59 Å². The van der Waals surface area contributed by atoms with Crippen LogP contribution >= 0.6 is 0 Å². The number of rotatable bonds is 6. The second-order valence-electron chi connectivity index (χ2n) is 5.65. The molecule has 2 rings (SSSR count). The quantitative estimate of drug-likeness (QED) is 0.781. The number of alkyl halides is 3. The molecule has 2 aromatic rings. The maximum atomic E-state index is 12.9. The van der Waals surface area contributed by atoms with E-state index in [-0.39, 0.29) is 12.1 Å². The van der Waals surface area contributed by atoms with E-state index < -0.39 is 29.7 Å². The topological polar surface area (TPSA) is 55.4 Å². The zero-order valence-corrected chi connectivity index (χ0v) is 14.0. The van der Waals surface area contributed by atoms with Gasteiger partial charge in [0.05, 0.1) is 11.3 Å². The van der Waals surface area contributed by atoms with Gasteiger partial charge in [0.25, 0.3) is 5.91 Å². The highest BCUT2D eigenvalue weighted by atomic mass is 19.4. The minimum absolute atomic E-state index is 0.0702. The number of nitrogens with one attached hydrogen (secondary N) is 1. The predicted molar refractivity (Wildman–Crippen MR) is 90.4 cm³/mol. The average Bonchev–Trinajstić information content (AvgIpc) is 2.60. The molecule has 4 nitrogen and oxygen atoms in total. The fourth-order valence-electron chi connectivity index (χ4n) is 2.27. The van der Waals surface area contributed by atoms with Gasteiger partial charge < -0.3 is 10.1 Å². The second-order valence-corrected chi connectivity index (χ2v) is 5.65. The second kappa shape index (κ2) is 8.51. The molecule has 0 aliphatic rings. The van der Waals surface area contributed by atoms with Crippen LogP contribution in [-0.4, -0.2) is 18.0 Å². The first-order valence-corrected chi connectivity index (χ1v) is 7.98. The number of hydrogen-bond acceptors (Lipinski definition) is 3. The number of benzene rings is 2. The number of hydrogen-bond donors (Lipinski definition) is 1. The van der Waals surface area contributed by atoms with Crippen molar-refractivity contribution in [2.75, 3.05) is 5.32 Å². The number of halogens is 3. The third-order valence-electron chi connectivity index (χ3n) is 3.63. The van der Waals surface area contributed by atoms with Crippen molar-refractivity contribution in [1.29, 1.82) is 0 Å². The Bertz CT molecular complexity index is 760. The summed E-state index contributed by atoms with van der Waals surface area (Å²) in [5, 5.41) is 2.16. The molecule has 1 unspecified atom stereocenters. The summed E-state index contributed by atoms with van der Waals surface area (Å²) < 4.78 is 43.8. The Morgan fingerprint density at radius 3 is 2.31 bits per heavy atom. The van der Waals surface area contributed by atoms with Crippen molar-refractivity contribution in [3.05, 3.63) is 65.7 Å². The largest absolute Gasteiger partial charge is 0.453 e. The molecule has 138 valence electrons. The summed E-state index contributed by atoms with van der Waals surface area (Å²) in [4.78, 5) is 23.9. The van der Waals surface area contributed by atoms with Crippen LogP contribution in [0.5, 0.6) is 0 Å². The molecule has 1 atom stereocenters. The molecule has 0 aliphatic carbocycles. The SMILES string of the molecule is CC(OC(=O)CCc1ccccc1)C(=O)Nc1ccccc1C(F)(F)F. The molecule has 7 heteroatoms. The number of anilines is 1. The number of esters is 1. The standard InChI is InChI=1S/C19H18F3NO3/c1-13(26-17(24)12-11-14-7-3-2-4-8-14)18(25)23-16-10-6-5-9-15(16)19(20,21)22/h2-10,13H,11-12H2,1H3,(H,23,25). The van der Waals surface area contributed by atoms with Crippen LogP contribution < -0.4 is 5.32 Å². The summed E-state index contributed by atoms with van der Waals surface area (Å²) >= 11 is 0. The molecule has 2 aromatic carbocycles. The first-order chi connectivity index (χ1) is 12.3. The van der Waals surface area contributed by atoms with E-state index in [1.165, 1.54) is 19.1 Å². The van der Waals surface area contributed by atoms with Crippen LogP contribution in [0.4, 0.5) is 18.9 Å². The van der Waals surface area contributed by atoms with Gasteiger partial charge in [-0.25, -0.2) is 0 Å². The van der Waals surface area contributed by atoms with E-state index in [9.17, 15) is 22.8 Å². The number of amides is 1. The zero-order valence-electron chi connectivity index (χ0n) is 14.0. The van der Waals surface area contributed by atoms with Crippen LogP contribution in [0.15, 0.2) is 54.6 Å². The van der Waals surface area contributed by atoms with E-state index in [0.717, 1.165) is 17.7 Å². The van der Waals surface area contributed by atoms with Gasteiger partial charge in [-0.05, 0) is 31.0 Å². The maximum Gasteiger partial charge on any atom is 0.418 e. The highest BCUT2D eigenvalue weighted by Crippen LogP contribution is 2.34. The van der Waals surface area contributed by atoms with Gasteiger partial charge in [-0.15, -0.1) is 0 Å². The van der Waals surface area contributed by atoms with Gasteiger partial charge in [0.1, 0.15) is 0 Å². The molecule has 0 radical (unpaired) electrons. The summed E-state index contributed by atoms with van der Waals surface area (Å²) in [6.45, 7) is 1.31. The van der Waals surface area contributed by atoms with Crippen LogP contribution in [0, 0.1) is 0 Å². The first kappa shape index (κ1) is 19.5. The van der Waals surface area contributed by atoms with E-state index in [1.807, 2.05) is 30.3 Å². The molecular formula is C19H18F3NO3. The summed E-state index contributed by atoms with van der Waals surface area (Å²) in [6.07, 6.45) is -5.29. The molecule has 0 spiro atoms. The van der Waals surface area contributed by atoms with Crippen molar-refractivity contribution in [3.8, 4) is 0 Å². The summed E-state index contributed by atoms with van der Waals surface area (Å²) in [7, 11) is 0. The average molecular weight is 365 g/mol. The van der Waals surface area contributed by atoms with E-state index in [1.54, 1.807) is 0 Å². The molecule has 0 saturated carbocycles. The number of para-hydroxylation sites is 1. The number of aryl methyl sites for hydroxylation is 1. The van der Waals surface area contributed by atoms with Crippen LogP contribution in [-0.2, 0) is 26.9 Å².